The SMILES string of the molecule is CSCC(CCO)NC(=O)c1cc(Cl)c[nH]1. The van der Waals surface area contributed by atoms with Crippen molar-refractivity contribution in [2.24, 2.45) is 0 Å². The molecule has 0 aliphatic rings. The zero-order valence-corrected chi connectivity index (χ0v) is 10.6. The van der Waals surface area contributed by atoms with Crippen LogP contribution in [0.15, 0.2) is 12.3 Å². The quantitative estimate of drug-likeness (QED) is 0.728. The second-order valence-electron chi connectivity index (χ2n) is 3.37. The maximum atomic E-state index is 11.7. The first-order valence-electron chi connectivity index (χ1n) is 4.92. The number of halogens is 1. The van der Waals surface area contributed by atoms with Gasteiger partial charge < -0.3 is 15.4 Å². The molecular weight excluding hydrogens is 248 g/mol. The number of aliphatic hydroxyl groups is 1. The molecule has 0 spiro atoms. The number of H-pyrrole nitrogens is 1. The third-order valence-corrected chi connectivity index (χ3v) is 3.03. The third kappa shape index (κ3) is 4.08. The van der Waals surface area contributed by atoms with Gasteiger partial charge in [-0.1, -0.05) is 11.6 Å². The molecule has 1 amide bonds. The molecule has 1 unspecified atom stereocenters. The Morgan fingerprint density at radius 2 is 2.50 bits per heavy atom. The number of nitrogens with one attached hydrogen (secondary N) is 2. The molecule has 4 nitrogen and oxygen atoms in total. The van der Waals surface area contributed by atoms with E-state index in [1.807, 2.05) is 6.26 Å². The molecule has 1 atom stereocenters. The molecule has 0 saturated heterocycles. The average molecular weight is 263 g/mol. The molecule has 1 aromatic rings. The lowest BCUT2D eigenvalue weighted by atomic mass is 10.2. The zero-order valence-electron chi connectivity index (χ0n) is 9.00. The summed E-state index contributed by atoms with van der Waals surface area (Å²) in [6.45, 7) is 0.0665. The smallest absolute Gasteiger partial charge is 0.267 e. The molecule has 90 valence electrons. The first-order chi connectivity index (χ1) is 7.67. The Bertz CT molecular complexity index is 337. The van der Waals surface area contributed by atoms with E-state index in [1.54, 1.807) is 24.0 Å². The fourth-order valence-corrected chi connectivity index (χ4v) is 2.13. The van der Waals surface area contributed by atoms with E-state index in [0.717, 1.165) is 5.75 Å². The van der Waals surface area contributed by atoms with Gasteiger partial charge in [-0.25, -0.2) is 0 Å². The van der Waals surface area contributed by atoms with Crippen LogP contribution in [0.1, 0.15) is 16.9 Å². The Morgan fingerprint density at radius 3 is 3.00 bits per heavy atom. The van der Waals surface area contributed by atoms with E-state index < -0.39 is 0 Å². The molecule has 0 saturated carbocycles. The van der Waals surface area contributed by atoms with Gasteiger partial charge in [0.1, 0.15) is 5.69 Å². The van der Waals surface area contributed by atoms with Crippen LogP contribution in [0.4, 0.5) is 0 Å². The van der Waals surface area contributed by atoms with Crippen LogP contribution in [0.25, 0.3) is 0 Å². The van der Waals surface area contributed by atoms with Crippen LogP contribution in [-0.2, 0) is 0 Å². The predicted molar refractivity (Wildman–Crippen MR) is 67.1 cm³/mol. The van der Waals surface area contributed by atoms with Gasteiger partial charge in [0.15, 0.2) is 0 Å². The molecule has 1 rings (SSSR count). The highest BCUT2D eigenvalue weighted by atomic mass is 35.5. The molecule has 0 aliphatic carbocycles. The van der Waals surface area contributed by atoms with Crippen molar-refractivity contribution in [3.05, 3.63) is 23.0 Å². The first-order valence-corrected chi connectivity index (χ1v) is 6.69. The first kappa shape index (κ1) is 13.4. The van der Waals surface area contributed by atoms with E-state index >= 15 is 0 Å². The van der Waals surface area contributed by atoms with Crippen molar-refractivity contribution < 1.29 is 9.90 Å². The van der Waals surface area contributed by atoms with Crippen molar-refractivity contribution >= 4 is 29.3 Å². The molecule has 1 aromatic heterocycles. The summed E-state index contributed by atoms with van der Waals surface area (Å²) < 4.78 is 0. The summed E-state index contributed by atoms with van der Waals surface area (Å²) >= 11 is 7.34. The Morgan fingerprint density at radius 1 is 1.75 bits per heavy atom. The monoisotopic (exact) mass is 262 g/mol. The molecule has 0 radical (unpaired) electrons. The molecule has 3 N–H and O–H groups in total. The Balaban J connectivity index is 2.54. The van der Waals surface area contributed by atoms with E-state index in [1.165, 1.54) is 0 Å². The topological polar surface area (TPSA) is 65.1 Å². The minimum absolute atomic E-state index is 0.0189. The number of amides is 1. The van der Waals surface area contributed by atoms with E-state index in [4.69, 9.17) is 16.7 Å². The maximum absolute atomic E-state index is 11.7. The van der Waals surface area contributed by atoms with Crippen LogP contribution in [-0.4, -0.2) is 40.7 Å². The number of carbonyl (C=O) groups excluding carboxylic acids is 1. The van der Waals surface area contributed by atoms with Crippen LogP contribution in [0.5, 0.6) is 0 Å². The molecule has 0 aromatic carbocycles. The van der Waals surface area contributed by atoms with Gasteiger partial charge >= 0.3 is 0 Å². The van der Waals surface area contributed by atoms with Gasteiger partial charge in [0.05, 0.1) is 5.02 Å². The highest BCUT2D eigenvalue weighted by Crippen LogP contribution is 2.10. The second kappa shape index (κ2) is 6.83. The lowest BCUT2D eigenvalue weighted by Crippen LogP contribution is -2.37. The van der Waals surface area contributed by atoms with Crippen LogP contribution in [0.2, 0.25) is 5.02 Å². The summed E-state index contributed by atoms with van der Waals surface area (Å²) in [6.07, 6.45) is 4.08. The van der Waals surface area contributed by atoms with Crippen molar-refractivity contribution in [3.8, 4) is 0 Å². The van der Waals surface area contributed by atoms with Gasteiger partial charge in [-0.2, -0.15) is 11.8 Å². The molecule has 0 aliphatic heterocycles. The van der Waals surface area contributed by atoms with Gasteiger partial charge in [-0.05, 0) is 18.7 Å². The van der Waals surface area contributed by atoms with Crippen LogP contribution in [0, 0.1) is 0 Å². The van der Waals surface area contributed by atoms with E-state index in [-0.39, 0.29) is 18.6 Å². The summed E-state index contributed by atoms with van der Waals surface area (Å²) in [4.78, 5) is 14.5. The standard InChI is InChI=1S/C10H15ClN2O2S/c1-16-6-8(2-3-14)13-10(15)9-4-7(11)5-12-9/h4-5,8,12,14H,2-3,6H2,1H3,(H,13,15). The molecule has 0 fully saturated rings. The number of thioether (sulfide) groups is 1. The van der Waals surface area contributed by atoms with E-state index in [0.29, 0.717) is 17.1 Å². The third-order valence-electron chi connectivity index (χ3n) is 2.07. The number of carbonyl (C=O) groups is 1. The average Bonchev–Trinajstić information content (AvgIpc) is 2.65. The normalized spacial score (nSPS) is 12.4. The summed E-state index contributed by atoms with van der Waals surface area (Å²) in [6, 6.07) is 1.56. The van der Waals surface area contributed by atoms with Gasteiger partial charge in [0, 0.05) is 24.6 Å². The predicted octanol–water partition coefficient (Wildman–Crippen LogP) is 1.51. The van der Waals surface area contributed by atoms with Gasteiger partial charge in [0.2, 0.25) is 0 Å². The van der Waals surface area contributed by atoms with Crippen molar-refractivity contribution in [2.75, 3.05) is 18.6 Å². The lowest BCUT2D eigenvalue weighted by Gasteiger charge is -2.15. The second-order valence-corrected chi connectivity index (χ2v) is 4.72. The van der Waals surface area contributed by atoms with Gasteiger partial charge in [-0.3, -0.25) is 4.79 Å². The number of aliphatic hydroxyl groups excluding tert-OH is 1. The van der Waals surface area contributed by atoms with Crippen LogP contribution in [0.3, 0.4) is 0 Å². The molecule has 6 heteroatoms. The van der Waals surface area contributed by atoms with Crippen LogP contribution < -0.4 is 5.32 Å². The highest BCUT2D eigenvalue weighted by Gasteiger charge is 2.14. The largest absolute Gasteiger partial charge is 0.396 e. The minimum Gasteiger partial charge on any atom is -0.396 e. The van der Waals surface area contributed by atoms with Crippen molar-refractivity contribution in [3.63, 3.8) is 0 Å². The summed E-state index contributed by atoms with van der Waals surface area (Å²) in [5.41, 5.74) is 0.439. The Hall–Kier alpha value is -0.650. The molecule has 1 heterocycles. The summed E-state index contributed by atoms with van der Waals surface area (Å²) in [7, 11) is 0. The minimum atomic E-state index is -0.195. The fraction of sp³-hybridized carbons (Fsp3) is 0.500. The molecule has 0 bridgehead atoms. The Kier molecular flexibility index (Phi) is 5.73. The zero-order chi connectivity index (χ0) is 12.0. The van der Waals surface area contributed by atoms with Crippen molar-refractivity contribution in [2.45, 2.75) is 12.5 Å². The Labute approximate surface area is 104 Å². The highest BCUT2D eigenvalue weighted by molar-refractivity contribution is 7.98. The fourth-order valence-electron chi connectivity index (χ4n) is 1.32. The van der Waals surface area contributed by atoms with Gasteiger partial charge in [-0.15, -0.1) is 0 Å². The number of aromatic amines is 1. The van der Waals surface area contributed by atoms with Gasteiger partial charge in [0.25, 0.3) is 5.91 Å². The number of rotatable bonds is 6. The number of aromatic nitrogens is 1. The van der Waals surface area contributed by atoms with Crippen molar-refractivity contribution in [1.29, 1.82) is 0 Å². The summed E-state index contributed by atoms with van der Waals surface area (Å²) in [5, 5.41) is 12.2. The summed E-state index contributed by atoms with van der Waals surface area (Å²) in [5.74, 6) is 0.584. The van der Waals surface area contributed by atoms with E-state index in [9.17, 15) is 4.79 Å². The van der Waals surface area contributed by atoms with Crippen molar-refractivity contribution in [1.82, 2.24) is 10.3 Å². The molecular formula is C10H15ClN2O2S. The van der Waals surface area contributed by atoms with Crippen LogP contribution >= 0.6 is 23.4 Å². The number of hydrogen-bond donors (Lipinski definition) is 3. The maximum Gasteiger partial charge on any atom is 0.267 e. The lowest BCUT2D eigenvalue weighted by molar-refractivity contribution is 0.0931. The molecule has 16 heavy (non-hydrogen) atoms. The number of hydrogen-bond acceptors (Lipinski definition) is 3. The van der Waals surface area contributed by atoms with E-state index in [2.05, 4.69) is 10.3 Å².